The Kier molecular flexibility index (Phi) is 4.28. The van der Waals surface area contributed by atoms with Gasteiger partial charge in [0, 0.05) is 12.0 Å². The zero-order chi connectivity index (χ0) is 12.1. The van der Waals surface area contributed by atoms with Gasteiger partial charge in [0.2, 0.25) is 0 Å². The molecule has 0 spiro atoms. The van der Waals surface area contributed by atoms with Gasteiger partial charge in [-0.1, -0.05) is 38.1 Å². The van der Waals surface area contributed by atoms with Crippen molar-refractivity contribution < 1.29 is 4.79 Å². The van der Waals surface area contributed by atoms with Gasteiger partial charge in [-0.15, -0.1) is 12.3 Å². The van der Waals surface area contributed by atoms with Crippen molar-refractivity contribution in [2.45, 2.75) is 32.2 Å². The first-order chi connectivity index (χ1) is 7.56. The van der Waals surface area contributed by atoms with Gasteiger partial charge in [0.1, 0.15) is 0 Å². The summed E-state index contributed by atoms with van der Waals surface area (Å²) in [6.45, 7) is 4.22. The van der Waals surface area contributed by atoms with Gasteiger partial charge in [-0.3, -0.25) is 4.79 Å². The van der Waals surface area contributed by atoms with E-state index >= 15 is 0 Å². The van der Waals surface area contributed by atoms with Crippen LogP contribution in [0.25, 0.3) is 0 Å². The van der Waals surface area contributed by atoms with Crippen molar-refractivity contribution in [1.82, 2.24) is 0 Å². The molecule has 0 saturated carbocycles. The molecule has 0 aliphatic rings. The van der Waals surface area contributed by atoms with Crippen molar-refractivity contribution in [2.75, 3.05) is 0 Å². The van der Waals surface area contributed by atoms with Crippen LogP contribution in [0, 0.1) is 12.3 Å². The van der Waals surface area contributed by atoms with Gasteiger partial charge in [0.15, 0.2) is 5.78 Å². The summed E-state index contributed by atoms with van der Waals surface area (Å²) in [5, 5.41) is 0. The Morgan fingerprint density at radius 3 is 2.38 bits per heavy atom. The number of benzene rings is 1. The number of carbonyl (C=O) groups is 1. The number of Topliss-reactive ketones (excluding diaryl/α,β-unsaturated/α-hetero) is 1. The number of rotatable bonds is 4. The highest BCUT2D eigenvalue weighted by Crippen LogP contribution is 2.15. The smallest absolute Gasteiger partial charge is 0.180 e. The van der Waals surface area contributed by atoms with Crippen LogP contribution < -0.4 is 5.73 Å². The zero-order valence-corrected chi connectivity index (χ0v) is 9.73. The van der Waals surface area contributed by atoms with Crippen LogP contribution in [0.5, 0.6) is 0 Å². The van der Waals surface area contributed by atoms with E-state index in [0.717, 1.165) is 0 Å². The predicted octanol–water partition coefficient (Wildman–Crippen LogP) is 2.34. The lowest BCUT2D eigenvalue weighted by Gasteiger charge is -2.09. The van der Waals surface area contributed by atoms with Crippen molar-refractivity contribution in [1.29, 1.82) is 0 Å². The molecule has 1 rings (SSSR count). The lowest BCUT2D eigenvalue weighted by Crippen LogP contribution is -2.29. The zero-order valence-electron chi connectivity index (χ0n) is 9.73. The van der Waals surface area contributed by atoms with E-state index in [1.807, 2.05) is 24.3 Å². The SMILES string of the molecule is C#CCC(N)C(=O)c1ccc(C(C)C)cc1. The van der Waals surface area contributed by atoms with Crippen LogP contribution in [0.2, 0.25) is 0 Å². The third kappa shape index (κ3) is 2.95. The van der Waals surface area contributed by atoms with Gasteiger partial charge < -0.3 is 5.73 Å². The molecule has 0 fully saturated rings. The molecule has 1 aromatic rings. The molecule has 0 aliphatic heterocycles. The van der Waals surface area contributed by atoms with E-state index in [0.29, 0.717) is 11.5 Å². The monoisotopic (exact) mass is 215 g/mol. The van der Waals surface area contributed by atoms with Crippen LogP contribution in [-0.4, -0.2) is 11.8 Å². The highest BCUT2D eigenvalue weighted by atomic mass is 16.1. The van der Waals surface area contributed by atoms with Crippen LogP contribution in [0.15, 0.2) is 24.3 Å². The number of nitrogens with two attached hydrogens (primary N) is 1. The minimum atomic E-state index is -0.588. The molecule has 0 aliphatic carbocycles. The first kappa shape index (κ1) is 12.5. The van der Waals surface area contributed by atoms with E-state index in [1.165, 1.54) is 5.56 Å². The fourth-order valence-corrected chi connectivity index (χ4v) is 1.47. The standard InChI is InChI=1S/C14H17NO/c1-4-5-13(15)14(16)12-8-6-11(7-9-12)10(2)3/h1,6-10,13H,5,15H2,2-3H3. The normalized spacial score (nSPS) is 12.2. The molecule has 0 bridgehead atoms. The molecule has 0 saturated heterocycles. The second kappa shape index (κ2) is 5.48. The molecule has 1 unspecified atom stereocenters. The van der Waals surface area contributed by atoms with E-state index < -0.39 is 6.04 Å². The van der Waals surface area contributed by atoms with Gasteiger partial charge in [-0.25, -0.2) is 0 Å². The minimum absolute atomic E-state index is 0.0896. The fourth-order valence-electron chi connectivity index (χ4n) is 1.47. The Balaban J connectivity index is 2.82. The lowest BCUT2D eigenvalue weighted by atomic mass is 9.98. The average Bonchev–Trinajstić information content (AvgIpc) is 2.28. The Morgan fingerprint density at radius 2 is 1.94 bits per heavy atom. The fraction of sp³-hybridized carbons (Fsp3) is 0.357. The van der Waals surface area contributed by atoms with Crippen LogP contribution in [-0.2, 0) is 0 Å². The molecule has 0 amide bonds. The Hall–Kier alpha value is -1.59. The average molecular weight is 215 g/mol. The summed E-state index contributed by atoms with van der Waals surface area (Å²) in [7, 11) is 0. The van der Waals surface area contributed by atoms with Crippen molar-refractivity contribution in [3.05, 3.63) is 35.4 Å². The number of hydrogen-bond donors (Lipinski definition) is 1. The van der Waals surface area contributed by atoms with Crippen LogP contribution in [0.4, 0.5) is 0 Å². The Morgan fingerprint density at radius 1 is 1.38 bits per heavy atom. The third-order valence-corrected chi connectivity index (χ3v) is 2.54. The lowest BCUT2D eigenvalue weighted by molar-refractivity contribution is 0.0963. The van der Waals surface area contributed by atoms with Gasteiger partial charge >= 0.3 is 0 Å². The summed E-state index contributed by atoms with van der Waals surface area (Å²) in [6.07, 6.45) is 5.41. The molecule has 16 heavy (non-hydrogen) atoms. The van der Waals surface area contributed by atoms with Crippen LogP contribution in [0.3, 0.4) is 0 Å². The first-order valence-electron chi connectivity index (χ1n) is 5.39. The molecule has 1 atom stereocenters. The van der Waals surface area contributed by atoms with E-state index in [-0.39, 0.29) is 12.2 Å². The number of hydrogen-bond acceptors (Lipinski definition) is 2. The number of ketones is 1. The maximum absolute atomic E-state index is 11.8. The predicted molar refractivity (Wildman–Crippen MR) is 66.3 cm³/mol. The summed E-state index contributed by atoms with van der Waals surface area (Å²) in [4.78, 5) is 11.8. The molecule has 0 aromatic heterocycles. The highest BCUT2D eigenvalue weighted by Gasteiger charge is 2.14. The summed E-state index contributed by atoms with van der Waals surface area (Å²) in [5.41, 5.74) is 7.51. The Labute approximate surface area is 96.9 Å². The molecule has 0 heterocycles. The molecule has 2 heteroatoms. The third-order valence-electron chi connectivity index (χ3n) is 2.54. The molecular weight excluding hydrogens is 198 g/mol. The summed E-state index contributed by atoms with van der Waals surface area (Å²) in [6, 6.07) is 6.96. The van der Waals surface area contributed by atoms with Gasteiger partial charge in [0.25, 0.3) is 0 Å². The first-order valence-corrected chi connectivity index (χ1v) is 5.39. The van der Waals surface area contributed by atoms with Crippen LogP contribution in [0.1, 0.15) is 42.1 Å². The van der Waals surface area contributed by atoms with Crippen molar-refractivity contribution in [2.24, 2.45) is 5.73 Å². The summed E-state index contributed by atoms with van der Waals surface area (Å²) >= 11 is 0. The second-order valence-electron chi connectivity index (χ2n) is 4.16. The van der Waals surface area contributed by atoms with Crippen molar-refractivity contribution in [3.8, 4) is 12.3 Å². The van der Waals surface area contributed by atoms with E-state index in [1.54, 1.807) is 0 Å². The maximum atomic E-state index is 11.8. The minimum Gasteiger partial charge on any atom is -0.320 e. The van der Waals surface area contributed by atoms with E-state index in [9.17, 15) is 4.79 Å². The largest absolute Gasteiger partial charge is 0.320 e. The summed E-state index contributed by atoms with van der Waals surface area (Å²) in [5.74, 6) is 2.77. The maximum Gasteiger partial charge on any atom is 0.180 e. The van der Waals surface area contributed by atoms with E-state index in [2.05, 4.69) is 19.8 Å². The van der Waals surface area contributed by atoms with Crippen molar-refractivity contribution in [3.63, 3.8) is 0 Å². The topological polar surface area (TPSA) is 43.1 Å². The van der Waals surface area contributed by atoms with Gasteiger partial charge in [-0.05, 0) is 11.5 Å². The quantitative estimate of drug-likeness (QED) is 0.619. The van der Waals surface area contributed by atoms with Gasteiger partial charge in [0.05, 0.1) is 6.04 Å². The Bertz CT molecular complexity index is 398. The number of terminal acetylenes is 1. The molecule has 1 aromatic carbocycles. The molecular formula is C14H17NO. The highest BCUT2D eigenvalue weighted by molar-refractivity contribution is 6.00. The van der Waals surface area contributed by atoms with Gasteiger partial charge in [-0.2, -0.15) is 0 Å². The number of carbonyl (C=O) groups excluding carboxylic acids is 1. The molecule has 0 radical (unpaired) electrons. The van der Waals surface area contributed by atoms with Crippen LogP contribution >= 0.6 is 0 Å². The second-order valence-corrected chi connectivity index (χ2v) is 4.16. The summed E-state index contributed by atoms with van der Waals surface area (Å²) < 4.78 is 0. The molecule has 84 valence electrons. The molecule has 2 N–H and O–H groups in total. The van der Waals surface area contributed by atoms with Crippen molar-refractivity contribution >= 4 is 5.78 Å². The molecule has 2 nitrogen and oxygen atoms in total. The van der Waals surface area contributed by atoms with E-state index in [4.69, 9.17) is 12.2 Å².